The minimum Gasteiger partial charge on any atom is -0.431 e. The van der Waals surface area contributed by atoms with Crippen molar-refractivity contribution in [2.75, 3.05) is 0 Å². The molecule has 1 heterocycles. The lowest BCUT2D eigenvalue weighted by molar-refractivity contribution is 0.535. The Kier molecular flexibility index (Phi) is 3.41. The Morgan fingerprint density at radius 1 is 1.10 bits per heavy atom. The van der Waals surface area contributed by atoms with Crippen molar-refractivity contribution in [1.82, 2.24) is 4.57 Å². The molecule has 0 bridgehead atoms. The maximum atomic E-state index is 13.4. The molecule has 6 heteroatoms. The molecule has 0 aliphatic heterocycles. The SMILES string of the molecule is Fc1ccc2oc(=S)n(-c3cccc(Cl)c3)c(=S)c2c1. The maximum absolute atomic E-state index is 13.4. The second kappa shape index (κ2) is 5.09. The van der Waals surface area contributed by atoms with Crippen LogP contribution in [-0.2, 0) is 0 Å². The van der Waals surface area contributed by atoms with Crippen LogP contribution in [0.3, 0.4) is 0 Å². The molecule has 0 unspecified atom stereocenters. The van der Waals surface area contributed by atoms with Gasteiger partial charge in [0.15, 0.2) is 0 Å². The van der Waals surface area contributed by atoms with Crippen LogP contribution in [-0.4, -0.2) is 4.57 Å². The number of hydrogen-bond acceptors (Lipinski definition) is 3. The predicted molar refractivity (Wildman–Crippen MR) is 82.2 cm³/mol. The standard InChI is InChI=1S/C14H7ClFNOS2/c15-8-2-1-3-10(6-8)17-13(19)11-7-9(16)4-5-12(11)18-14(17)20/h1-7H. The van der Waals surface area contributed by atoms with Gasteiger partial charge in [0.25, 0.3) is 4.84 Å². The number of halogens is 2. The summed E-state index contributed by atoms with van der Waals surface area (Å²) in [6.45, 7) is 0. The molecule has 0 atom stereocenters. The summed E-state index contributed by atoms with van der Waals surface area (Å²) in [5, 5.41) is 1.05. The molecule has 0 N–H and O–H groups in total. The van der Waals surface area contributed by atoms with Gasteiger partial charge in [-0.25, -0.2) is 4.39 Å². The summed E-state index contributed by atoms with van der Waals surface area (Å²) in [5.41, 5.74) is 1.14. The molecule has 0 saturated heterocycles. The number of aromatic nitrogens is 1. The van der Waals surface area contributed by atoms with Crippen molar-refractivity contribution >= 4 is 47.0 Å². The summed E-state index contributed by atoms with van der Waals surface area (Å²) in [7, 11) is 0. The van der Waals surface area contributed by atoms with Crippen LogP contribution >= 0.6 is 36.0 Å². The predicted octanol–water partition coefficient (Wildman–Crippen LogP) is 5.47. The van der Waals surface area contributed by atoms with Gasteiger partial charge < -0.3 is 4.42 Å². The molecule has 2 nitrogen and oxygen atoms in total. The van der Waals surface area contributed by atoms with Crippen molar-refractivity contribution in [2.45, 2.75) is 0 Å². The highest BCUT2D eigenvalue weighted by atomic mass is 35.5. The van der Waals surface area contributed by atoms with E-state index in [-0.39, 0.29) is 10.7 Å². The van der Waals surface area contributed by atoms with Gasteiger partial charge in [-0.05, 0) is 48.6 Å². The third-order valence-electron chi connectivity index (χ3n) is 2.82. The molecule has 0 aliphatic rings. The van der Waals surface area contributed by atoms with Crippen molar-refractivity contribution in [3.05, 3.63) is 62.8 Å². The van der Waals surface area contributed by atoms with E-state index in [0.29, 0.717) is 26.3 Å². The van der Waals surface area contributed by atoms with Gasteiger partial charge in [0, 0.05) is 5.02 Å². The van der Waals surface area contributed by atoms with Crippen LogP contribution in [0.4, 0.5) is 4.39 Å². The number of hydrogen-bond donors (Lipinski definition) is 0. The third-order valence-corrected chi connectivity index (χ3v) is 3.72. The first kappa shape index (κ1) is 13.4. The van der Waals surface area contributed by atoms with E-state index in [9.17, 15) is 4.39 Å². The summed E-state index contributed by atoms with van der Waals surface area (Å²) in [6.07, 6.45) is 0. The summed E-state index contributed by atoms with van der Waals surface area (Å²) >= 11 is 16.6. The lowest BCUT2D eigenvalue weighted by atomic mass is 10.2. The van der Waals surface area contributed by atoms with Gasteiger partial charge in [0.1, 0.15) is 16.0 Å². The second-order valence-electron chi connectivity index (χ2n) is 4.13. The highest BCUT2D eigenvalue weighted by Gasteiger charge is 2.08. The lowest BCUT2D eigenvalue weighted by Crippen LogP contribution is -1.99. The van der Waals surface area contributed by atoms with Gasteiger partial charge in [-0.15, -0.1) is 0 Å². The molecule has 0 aliphatic carbocycles. The molecular weight excluding hydrogens is 317 g/mol. The van der Waals surface area contributed by atoms with Gasteiger partial charge in [0.05, 0.1) is 11.1 Å². The van der Waals surface area contributed by atoms with E-state index >= 15 is 0 Å². The molecule has 2 aromatic carbocycles. The minimum atomic E-state index is -0.381. The monoisotopic (exact) mass is 323 g/mol. The smallest absolute Gasteiger partial charge is 0.274 e. The highest BCUT2D eigenvalue weighted by molar-refractivity contribution is 7.72. The van der Waals surface area contributed by atoms with Crippen LogP contribution in [0, 0.1) is 15.3 Å². The van der Waals surface area contributed by atoms with Crippen molar-refractivity contribution in [1.29, 1.82) is 0 Å². The van der Waals surface area contributed by atoms with Crippen LogP contribution in [0.5, 0.6) is 0 Å². The molecule has 20 heavy (non-hydrogen) atoms. The van der Waals surface area contributed by atoms with E-state index in [2.05, 4.69) is 0 Å². The number of rotatable bonds is 1. The van der Waals surface area contributed by atoms with Crippen LogP contribution in [0.25, 0.3) is 16.7 Å². The van der Waals surface area contributed by atoms with Crippen molar-refractivity contribution in [3.8, 4) is 5.69 Å². The normalized spacial score (nSPS) is 10.9. The topological polar surface area (TPSA) is 18.1 Å². The van der Waals surface area contributed by atoms with Crippen LogP contribution in [0.2, 0.25) is 5.02 Å². The fraction of sp³-hybridized carbons (Fsp3) is 0. The summed E-state index contributed by atoms with van der Waals surface area (Å²) < 4.78 is 20.8. The third kappa shape index (κ3) is 2.28. The van der Waals surface area contributed by atoms with Crippen LogP contribution in [0.15, 0.2) is 46.9 Å². The van der Waals surface area contributed by atoms with Gasteiger partial charge >= 0.3 is 0 Å². The summed E-state index contributed by atoms with van der Waals surface area (Å²) in [5.74, 6) is -0.381. The number of benzene rings is 2. The van der Waals surface area contributed by atoms with E-state index in [4.69, 9.17) is 40.5 Å². The van der Waals surface area contributed by atoms with Crippen molar-refractivity contribution in [3.63, 3.8) is 0 Å². The Morgan fingerprint density at radius 2 is 1.90 bits per heavy atom. The van der Waals surface area contributed by atoms with Gasteiger partial charge in [-0.3, -0.25) is 4.57 Å². The Hall–Kier alpha value is -1.56. The molecule has 3 rings (SSSR count). The molecule has 0 saturated carbocycles. The molecule has 1 aromatic heterocycles. The zero-order valence-electron chi connectivity index (χ0n) is 9.97. The van der Waals surface area contributed by atoms with E-state index < -0.39 is 0 Å². The van der Waals surface area contributed by atoms with Crippen LogP contribution in [0.1, 0.15) is 0 Å². The molecule has 0 fully saturated rings. The highest BCUT2D eigenvalue weighted by Crippen LogP contribution is 2.22. The summed E-state index contributed by atoms with van der Waals surface area (Å²) in [6, 6.07) is 11.2. The first-order valence-corrected chi connectivity index (χ1v) is 6.87. The molecule has 0 amide bonds. The Bertz CT molecular complexity index is 932. The quantitative estimate of drug-likeness (QED) is 0.553. The zero-order chi connectivity index (χ0) is 14.3. The Morgan fingerprint density at radius 3 is 2.65 bits per heavy atom. The maximum Gasteiger partial charge on any atom is 0.274 e. The average Bonchev–Trinajstić information content (AvgIpc) is 2.40. The Balaban J connectivity index is 2.42. The first-order chi connectivity index (χ1) is 9.56. The number of fused-ring (bicyclic) bond motifs is 1. The molecule has 3 aromatic rings. The van der Waals surface area contributed by atoms with E-state index in [1.54, 1.807) is 28.8 Å². The van der Waals surface area contributed by atoms with Crippen molar-refractivity contribution in [2.24, 2.45) is 0 Å². The molecule has 0 spiro atoms. The largest absolute Gasteiger partial charge is 0.431 e. The summed E-state index contributed by atoms with van der Waals surface area (Å²) in [4.78, 5) is 0.191. The average molecular weight is 324 g/mol. The van der Waals surface area contributed by atoms with Gasteiger partial charge in [-0.1, -0.05) is 29.9 Å². The molecule has 0 radical (unpaired) electrons. The minimum absolute atomic E-state index is 0.191. The molecule has 100 valence electrons. The fourth-order valence-electron chi connectivity index (χ4n) is 1.94. The van der Waals surface area contributed by atoms with E-state index in [0.717, 1.165) is 0 Å². The van der Waals surface area contributed by atoms with Gasteiger partial charge in [0.2, 0.25) is 0 Å². The van der Waals surface area contributed by atoms with Crippen LogP contribution < -0.4 is 0 Å². The molecular formula is C14H7ClFNOS2. The number of nitrogens with zero attached hydrogens (tertiary/aromatic N) is 1. The fourth-order valence-corrected chi connectivity index (χ4v) is 2.82. The van der Waals surface area contributed by atoms with E-state index in [1.807, 2.05) is 0 Å². The Labute approximate surface area is 129 Å². The zero-order valence-corrected chi connectivity index (χ0v) is 12.4. The van der Waals surface area contributed by atoms with Gasteiger partial charge in [-0.2, -0.15) is 0 Å². The second-order valence-corrected chi connectivity index (χ2v) is 5.30. The lowest BCUT2D eigenvalue weighted by Gasteiger charge is -2.09. The first-order valence-electron chi connectivity index (χ1n) is 5.67. The van der Waals surface area contributed by atoms with Crippen molar-refractivity contribution < 1.29 is 8.81 Å². The van der Waals surface area contributed by atoms with E-state index in [1.165, 1.54) is 18.2 Å².